The van der Waals surface area contributed by atoms with Crippen LogP contribution in [-0.2, 0) is 41.0 Å². The van der Waals surface area contributed by atoms with Crippen molar-refractivity contribution in [2.45, 2.75) is 113 Å². The van der Waals surface area contributed by atoms with Gasteiger partial charge in [0, 0.05) is 95.2 Å². The zero-order valence-electron chi connectivity index (χ0n) is 50.6. The number of rotatable bonds is 14. The van der Waals surface area contributed by atoms with Gasteiger partial charge in [0.1, 0.15) is 11.5 Å². The highest BCUT2D eigenvalue weighted by Crippen LogP contribution is 2.46. The lowest BCUT2D eigenvalue weighted by atomic mass is 9.83. The first-order valence-electron chi connectivity index (χ1n) is 30.7. The van der Waals surface area contributed by atoms with Crippen LogP contribution in [-0.4, -0.2) is 162 Å². The normalized spacial score (nSPS) is 23.4. The molecule has 0 aliphatic carbocycles. The van der Waals surface area contributed by atoms with Crippen molar-refractivity contribution in [2.24, 2.45) is 17.6 Å². The van der Waals surface area contributed by atoms with Crippen molar-refractivity contribution in [3.05, 3.63) is 118 Å². The van der Waals surface area contributed by atoms with E-state index in [4.69, 9.17) is 24.7 Å². The summed E-state index contributed by atoms with van der Waals surface area (Å²) in [5.41, 5.74) is 3.30. The van der Waals surface area contributed by atoms with Crippen molar-refractivity contribution in [3.63, 3.8) is 0 Å². The van der Waals surface area contributed by atoms with Gasteiger partial charge < -0.3 is 54.5 Å². The molecule has 4 aromatic carbocycles. The second-order valence-corrected chi connectivity index (χ2v) is 23.9. The number of nitrogens with one attached hydrogen (secondary N) is 1. The Morgan fingerprint density at radius 3 is 1.30 bits per heavy atom. The Morgan fingerprint density at radius 1 is 0.539 bits per heavy atom. The van der Waals surface area contributed by atoms with Crippen molar-refractivity contribution in [2.75, 3.05) is 116 Å². The van der Waals surface area contributed by atoms with Crippen LogP contribution < -0.4 is 30.3 Å². The number of amides is 4. The lowest BCUT2D eigenvalue weighted by molar-refractivity contribution is -0.149. The second-order valence-electron chi connectivity index (χ2n) is 23.9. The average Bonchev–Trinajstić information content (AvgIpc) is 1.90. The van der Waals surface area contributed by atoms with Gasteiger partial charge in [0.05, 0.1) is 56.9 Å². The van der Waals surface area contributed by atoms with Crippen LogP contribution in [0.4, 0.5) is 51.3 Å². The fraction of sp³-hybridized carbons (Fsp3) is 0.554. The summed E-state index contributed by atoms with van der Waals surface area (Å²) >= 11 is 0. The fourth-order valence-corrected chi connectivity index (χ4v) is 13.8. The number of likely N-dealkylation sites (tertiary alicyclic amines) is 3. The molecule has 4 amide bonds. The first kappa shape index (κ1) is 66.1. The van der Waals surface area contributed by atoms with Crippen LogP contribution >= 0.6 is 0 Å². The van der Waals surface area contributed by atoms with E-state index in [1.54, 1.807) is 80.5 Å². The molecule has 0 unspecified atom stereocenters. The number of esters is 2. The minimum atomic E-state index is -4.53. The summed E-state index contributed by atoms with van der Waals surface area (Å²) in [6, 6.07) is 20.6. The maximum absolute atomic E-state index is 16.8. The van der Waals surface area contributed by atoms with Crippen LogP contribution in [0.5, 0.6) is 11.5 Å². The van der Waals surface area contributed by atoms with Gasteiger partial charge in [-0.3, -0.25) is 19.2 Å². The summed E-state index contributed by atoms with van der Waals surface area (Å²) in [4.78, 5) is 71.9. The third kappa shape index (κ3) is 14.6. The van der Waals surface area contributed by atoms with Gasteiger partial charge in [-0.25, -0.2) is 13.6 Å². The van der Waals surface area contributed by atoms with Gasteiger partial charge in [-0.2, -0.15) is 26.3 Å². The second kappa shape index (κ2) is 27.8. The van der Waals surface area contributed by atoms with Gasteiger partial charge in [-0.15, -0.1) is 0 Å². The van der Waals surface area contributed by atoms with E-state index in [1.165, 1.54) is 30.2 Å². The molecule has 3 N–H and O–H groups in total. The molecule has 10 rings (SSSR count). The average molecular weight is 1250 g/mol. The number of anilines is 2. The number of nitrogens with zero attached hydrogens (tertiary/aromatic N) is 5. The summed E-state index contributed by atoms with van der Waals surface area (Å²) in [6.45, 7) is 6.52. The number of benzene rings is 4. The van der Waals surface area contributed by atoms with Crippen LogP contribution in [0.1, 0.15) is 122 Å². The molecular formula is C65H79F8N7O9. The third-order valence-corrected chi connectivity index (χ3v) is 18.8. The molecule has 6 heterocycles. The van der Waals surface area contributed by atoms with E-state index in [2.05, 4.69) is 5.32 Å². The number of hydrogen-bond donors (Lipinski definition) is 2. The van der Waals surface area contributed by atoms with E-state index in [1.807, 2.05) is 9.80 Å². The van der Waals surface area contributed by atoms with E-state index >= 15 is 8.78 Å². The Kier molecular flexibility index (Phi) is 20.6. The highest BCUT2D eigenvalue weighted by Gasteiger charge is 2.57. The molecule has 6 fully saturated rings. The molecule has 89 heavy (non-hydrogen) atoms. The first-order chi connectivity index (χ1) is 42.4. The van der Waals surface area contributed by atoms with Crippen LogP contribution in [0.2, 0.25) is 0 Å². The summed E-state index contributed by atoms with van der Waals surface area (Å²) in [5, 5.41) is 3.04. The monoisotopic (exact) mass is 1250 g/mol. The van der Waals surface area contributed by atoms with Crippen LogP contribution in [0.3, 0.4) is 0 Å². The zero-order valence-corrected chi connectivity index (χ0v) is 50.6. The maximum Gasteiger partial charge on any atom is 0.416 e. The minimum absolute atomic E-state index is 0.0534. The Balaban J connectivity index is 0.000000212. The standard InChI is InChI=1S/C33H40F4N4O5.C32H39F4N3O4/c1-3-46-29(42)23-12-14-39(15-13-23)28-18-24(33(35,36)37)6-9-26(28)21-10-16-40(17-11-21)30(43)32(34)20-41(31(38)44)19-27(32)22-4-7-25(45-2)8-5-22;1-3-43-29(40)23-12-14-38(15-13-23)28-18-24(32(34,35)36)6-9-26(28)21-10-16-39(17-11-21)30(41)31(33)20-37-19-27(31)22-4-7-25(42-2)8-5-22/h4-9,18,21,23,27H,3,10-17,19-20H2,1-2H3,(H2,38,44);4-9,18,21,23,27,37H,3,10-17,19-20H2,1-2H3/t27-,32-;27-,31-/m00/s1. The summed E-state index contributed by atoms with van der Waals surface area (Å²) in [6.07, 6.45) is -5.19. The van der Waals surface area contributed by atoms with E-state index in [9.17, 15) is 50.3 Å². The summed E-state index contributed by atoms with van der Waals surface area (Å²) in [5.74, 6) is -3.00. The number of ether oxygens (including phenoxy) is 4. The quantitative estimate of drug-likeness (QED) is 0.0904. The molecule has 24 heteroatoms. The number of nitrogens with two attached hydrogens (primary N) is 1. The molecule has 6 aliphatic heterocycles. The number of carbonyl (C=O) groups excluding carboxylic acids is 5. The van der Waals surface area contributed by atoms with E-state index in [0.29, 0.717) is 132 Å². The lowest BCUT2D eigenvalue weighted by Crippen LogP contribution is -2.52. The summed E-state index contributed by atoms with van der Waals surface area (Å²) < 4.78 is 136. The zero-order chi connectivity index (χ0) is 64.0. The molecule has 0 bridgehead atoms. The maximum atomic E-state index is 16.8. The molecule has 6 aliphatic rings. The van der Waals surface area contributed by atoms with Gasteiger partial charge in [0.2, 0.25) is 11.3 Å². The summed E-state index contributed by atoms with van der Waals surface area (Å²) in [7, 11) is 3.06. The Labute approximate surface area is 513 Å². The number of piperidine rings is 4. The van der Waals surface area contributed by atoms with Gasteiger partial charge in [-0.05, 0) is 148 Å². The molecule has 16 nitrogen and oxygen atoms in total. The minimum Gasteiger partial charge on any atom is -0.497 e. The Hall–Kier alpha value is -7.37. The first-order valence-corrected chi connectivity index (χ1v) is 30.7. The molecule has 0 spiro atoms. The molecule has 0 aromatic heterocycles. The molecule has 0 radical (unpaired) electrons. The molecular weight excluding hydrogens is 1170 g/mol. The van der Waals surface area contributed by atoms with Crippen molar-refractivity contribution in [1.29, 1.82) is 0 Å². The number of alkyl halides is 8. The van der Waals surface area contributed by atoms with E-state index in [-0.39, 0.29) is 68.4 Å². The number of hydrogen-bond acceptors (Lipinski definition) is 12. The molecule has 4 atom stereocenters. The number of methoxy groups -OCH3 is 2. The smallest absolute Gasteiger partial charge is 0.416 e. The van der Waals surface area contributed by atoms with Gasteiger partial charge in [-0.1, -0.05) is 36.4 Å². The van der Waals surface area contributed by atoms with E-state index < -0.39 is 71.0 Å². The largest absolute Gasteiger partial charge is 0.497 e. The number of urea groups is 1. The van der Waals surface area contributed by atoms with Gasteiger partial charge in [0.15, 0.2) is 0 Å². The van der Waals surface area contributed by atoms with Crippen molar-refractivity contribution < 1.29 is 78.0 Å². The highest BCUT2D eigenvalue weighted by atomic mass is 19.4. The molecule has 6 saturated heterocycles. The predicted octanol–water partition coefficient (Wildman–Crippen LogP) is 10.4. The van der Waals surface area contributed by atoms with Crippen molar-refractivity contribution in [3.8, 4) is 11.5 Å². The molecule has 484 valence electrons. The van der Waals surface area contributed by atoms with Crippen molar-refractivity contribution >= 4 is 41.2 Å². The predicted molar refractivity (Wildman–Crippen MR) is 316 cm³/mol. The number of primary amides is 1. The SMILES string of the molecule is CCOC(=O)C1CCN(c2cc(C(F)(F)F)ccc2C2CCN(C(=O)[C@]3(F)CN(C(N)=O)C[C@H]3c3ccc(OC)cc3)CC2)CC1.CCOC(=O)C1CCN(c2cc(C(F)(F)F)ccc2C2CCN(C(=O)[C@]3(F)CNC[C@H]3c3ccc(OC)cc3)CC2)CC1. The van der Waals surface area contributed by atoms with Gasteiger partial charge in [0.25, 0.3) is 11.8 Å². The highest BCUT2D eigenvalue weighted by molar-refractivity contribution is 5.89. The Morgan fingerprint density at radius 2 is 0.933 bits per heavy atom. The Bertz CT molecular complexity index is 3120. The van der Waals surface area contributed by atoms with E-state index in [0.717, 1.165) is 33.7 Å². The molecule has 0 saturated carbocycles. The molecule has 4 aromatic rings. The lowest BCUT2D eigenvalue weighted by Gasteiger charge is -2.39. The number of carbonyl (C=O) groups is 5. The topological polar surface area (TPSA) is 177 Å². The van der Waals surface area contributed by atoms with Crippen LogP contribution in [0, 0.1) is 11.8 Å². The van der Waals surface area contributed by atoms with Crippen molar-refractivity contribution in [1.82, 2.24) is 20.0 Å². The fourth-order valence-electron chi connectivity index (χ4n) is 13.8. The van der Waals surface area contributed by atoms with Gasteiger partial charge >= 0.3 is 30.3 Å². The third-order valence-electron chi connectivity index (χ3n) is 18.8. The van der Waals surface area contributed by atoms with Crippen LogP contribution in [0.15, 0.2) is 84.9 Å². The number of halogens is 8. The van der Waals surface area contributed by atoms with Crippen LogP contribution in [0.25, 0.3) is 0 Å².